The second kappa shape index (κ2) is 5.98. The number of hydrogen-bond acceptors (Lipinski definition) is 4. The molecule has 0 bridgehead atoms. The third-order valence-corrected chi connectivity index (χ3v) is 2.90. The Labute approximate surface area is 111 Å². The van der Waals surface area contributed by atoms with Gasteiger partial charge < -0.3 is 11.1 Å². The maximum absolute atomic E-state index is 13.4. The Balaban J connectivity index is 2.93. The normalized spacial score (nSPS) is 12.8. The second-order valence-electron chi connectivity index (χ2n) is 4.07. The van der Waals surface area contributed by atoms with Crippen molar-refractivity contribution in [1.29, 1.82) is 0 Å². The Morgan fingerprint density at radius 1 is 1.47 bits per heavy atom. The number of amides is 1. The maximum Gasteiger partial charge on any atom is 0.241 e. The third-order valence-electron chi connectivity index (χ3n) is 2.31. The van der Waals surface area contributed by atoms with Crippen LogP contribution in [0, 0.1) is 5.82 Å². The summed E-state index contributed by atoms with van der Waals surface area (Å²) in [4.78, 5) is 11.6. The van der Waals surface area contributed by atoms with Crippen LogP contribution in [-0.2, 0) is 14.8 Å². The van der Waals surface area contributed by atoms with Gasteiger partial charge >= 0.3 is 0 Å². The Bertz CT molecular complexity index is 575. The van der Waals surface area contributed by atoms with Crippen LogP contribution in [0.3, 0.4) is 0 Å². The van der Waals surface area contributed by atoms with Crippen LogP contribution in [-0.4, -0.2) is 26.6 Å². The summed E-state index contributed by atoms with van der Waals surface area (Å²) in [5, 5.41) is 2.48. The maximum atomic E-state index is 13.4. The fraction of sp³-hybridized carbons (Fsp3) is 0.364. The average molecular weight is 289 g/mol. The standard InChI is InChI=1S/C11H16FN3O3S/c1-3-9(13)11(16)14-7-4-5-8(12)10(6-7)15-19(2,17)18/h4-6,9,15H,3,13H2,1-2H3,(H,14,16). The first-order valence-electron chi connectivity index (χ1n) is 5.56. The summed E-state index contributed by atoms with van der Waals surface area (Å²) in [6.07, 6.45) is 1.37. The molecule has 1 aromatic rings. The minimum absolute atomic E-state index is 0.231. The molecule has 0 saturated carbocycles. The van der Waals surface area contributed by atoms with Crippen LogP contribution >= 0.6 is 0 Å². The number of hydrogen-bond donors (Lipinski definition) is 3. The van der Waals surface area contributed by atoms with Gasteiger partial charge in [-0.15, -0.1) is 0 Å². The van der Waals surface area contributed by atoms with Crippen LogP contribution in [0.15, 0.2) is 18.2 Å². The van der Waals surface area contributed by atoms with Gasteiger partial charge in [-0.25, -0.2) is 12.8 Å². The lowest BCUT2D eigenvalue weighted by molar-refractivity contribution is -0.117. The monoisotopic (exact) mass is 289 g/mol. The molecule has 0 heterocycles. The topological polar surface area (TPSA) is 101 Å². The Morgan fingerprint density at radius 2 is 2.11 bits per heavy atom. The van der Waals surface area contributed by atoms with Gasteiger partial charge in [0.05, 0.1) is 18.0 Å². The molecule has 1 atom stereocenters. The third kappa shape index (κ3) is 4.84. The largest absolute Gasteiger partial charge is 0.325 e. The fourth-order valence-electron chi connectivity index (χ4n) is 1.30. The van der Waals surface area contributed by atoms with Gasteiger partial charge in [0, 0.05) is 5.69 Å². The summed E-state index contributed by atoms with van der Waals surface area (Å²) in [6, 6.07) is 2.90. The molecule has 0 aliphatic rings. The van der Waals surface area contributed by atoms with Crippen molar-refractivity contribution in [3.8, 4) is 0 Å². The van der Waals surface area contributed by atoms with Crippen LogP contribution in [0.4, 0.5) is 15.8 Å². The number of halogens is 1. The van der Waals surface area contributed by atoms with E-state index in [4.69, 9.17) is 5.73 Å². The Hall–Kier alpha value is -1.67. The number of nitrogens with one attached hydrogen (secondary N) is 2. The zero-order valence-electron chi connectivity index (χ0n) is 10.6. The van der Waals surface area contributed by atoms with Crippen molar-refractivity contribution in [2.24, 2.45) is 5.73 Å². The molecule has 0 aliphatic heterocycles. The molecule has 0 aliphatic carbocycles. The molecule has 6 nitrogen and oxygen atoms in total. The molecule has 106 valence electrons. The molecule has 1 aromatic carbocycles. The second-order valence-corrected chi connectivity index (χ2v) is 5.82. The summed E-state index contributed by atoms with van der Waals surface area (Å²) >= 11 is 0. The Kier molecular flexibility index (Phi) is 4.84. The van der Waals surface area contributed by atoms with E-state index in [2.05, 4.69) is 5.32 Å². The van der Waals surface area contributed by atoms with Crippen molar-refractivity contribution in [3.05, 3.63) is 24.0 Å². The van der Waals surface area contributed by atoms with Crippen molar-refractivity contribution in [2.75, 3.05) is 16.3 Å². The molecule has 1 amide bonds. The summed E-state index contributed by atoms with van der Waals surface area (Å²) in [6.45, 7) is 1.76. The highest BCUT2D eigenvalue weighted by molar-refractivity contribution is 7.92. The van der Waals surface area contributed by atoms with Crippen LogP contribution in [0.1, 0.15) is 13.3 Å². The zero-order valence-corrected chi connectivity index (χ0v) is 11.4. The van der Waals surface area contributed by atoms with E-state index in [0.29, 0.717) is 6.42 Å². The molecular weight excluding hydrogens is 273 g/mol. The SMILES string of the molecule is CCC(N)C(=O)Nc1ccc(F)c(NS(C)(=O)=O)c1. The average Bonchev–Trinajstić information content (AvgIpc) is 2.30. The van der Waals surface area contributed by atoms with E-state index in [9.17, 15) is 17.6 Å². The first kappa shape index (κ1) is 15.4. The van der Waals surface area contributed by atoms with Crippen LogP contribution in [0.5, 0.6) is 0 Å². The van der Waals surface area contributed by atoms with Gasteiger partial charge in [0.15, 0.2) is 0 Å². The molecule has 0 fully saturated rings. The lowest BCUT2D eigenvalue weighted by atomic mass is 10.2. The minimum Gasteiger partial charge on any atom is -0.325 e. The number of anilines is 2. The molecule has 0 radical (unpaired) electrons. The number of sulfonamides is 1. The van der Waals surface area contributed by atoms with E-state index in [0.717, 1.165) is 12.3 Å². The van der Waals surface area contributed by atoms with Crippen molar-refractivity contribution in [3.63, 3.8) is 0 Å². The van der Waals surface area contributed by atoms with E-state index in [1.807, 2.05) is 4.72 Å². The van der Waals surface area contributed by atoms with E-state index in [1.165, 1.54) is 12.1 Å². The molecular formula is C11H16FN3O3S. The highest BCUT2D eigenvalue weighted by Crippen LogP contribution is 2.20. The quantitative estimate of drug-likeness (QED) is 0.748. The lowest BCUT2D eigenvalue weighted by Gasteiger charge is -2.12. The van der Waals surface area contributed by atoms with Gasteiger partial charge in [0.25, 0.3) is 0 Å². The van der Waals surface area contributed by atoms with Gasteiger partial charge in [0.2, 0.25) is 15.9 Å². The summed E-state index contributed by atoms with van der Waals surface area (Å²) in [5.74, 6) is -1.15. The predicted octanol–water partition coefficient (Wildman–Crippen LogP) is 0.873. The smallest absolute Gasteiger partial charge is 0.241 e. The summed E-state index contributed by atoms with van der Waals surface area (Å²) in [5.41, 5.74) is 5.57. The van der Waals surface area contributed by atoms with Gasteiger partial charge in [-0.2, -0.15) is 0 Å². The summed E-state index contributed by atoms with van der Waals surface area (Å²) < 4.78 is 37.5. The molecule has 1 rings (SSSR count). The van der Waals surface area contributed by atoms with Crippen LogP contribution < -0.4 is 15.8 Å². The predicted molar refractivity (Wildman–Crippen MR) is 71.8 cm³/mol. The Morgan fingerprint density at radius 3 is 2.63 bits per heavy atom. The highest BCUT2D eigenvalue weighted by Gasteiger charge is 2.13. The van der Waals surface area contributed by atoms with Gasteiger partial charge in [-0.3, -0.25) is 9.52 Å². The van der Waals surface area contributed by atoms with Gasteiger partial charge in [-0.1, -0.05) is 6.92 Å². The zero-order chi connectivity index (χ0) is 14.6. The number of carbonyl (C=O) groups excluding carboxylic acids is 1. The summed E-state index contributed by atoms with van der Waals surface area (Å²) in [7, 11) is -3.59. The molecule has 0 spiro atoms. The number of benzene rings is 1. The van der Waals surface area contributed by atoms with Crippen molar-refractivity contribution in [1.82, 2.24) is 0 Å². The van der Waals surface area contributed by atoms with E-state index in [-0.39, 0.29) is 11.4 Å². The molecule has 19 heavy (non-hydrogen) atoms. The molecule has 1 unspecified atom stereocenters. The van der Waals surface area contributed by atoms with Gasteiger partial charge in [0.1, 0.15) is 5.82 Å². The van der Waals surface area contributed by atoms with Crippen molar-refractivity contribution >= 4 is 27.3 Å². The lowest BCUT2D eigenvalue weighted by Crippen LogP contribution is -2.34. The van der Waals surface area contributed by atoms with Crippen LogP contribution in [0.2, 0.25) is 0 Å². The first-order chi connectivity index (χ1) is 8.73. The van der Waals surface area contributed by atoms with Gasteiger partial charge in [-0.05, 0) is 24.6 Å². The molecule has 8 heteroatoms. The fourth-order valence-corrected chi connectivity index (χ4v) is 1.86. The molecule has 4 N–H and O–H groups in total. The number of rotatable bonds is 5. The van der Waals surface area contributed by atoms with Crippen LogP contribution in [0.25, 0.3) is 0 Å². The van der Waals surface area contributed by atoms with E-state index >= 15 is 0 Å². The molecule has 0 saturated heterocycles. The van der Waals surface area contributed by atoms with E-state index < -0.39 is 27.8 Å². The number of nitrogens with two attached hydrogens (primary N) is 1. The van der Waals surface area contributed by atoms with E-state index in [1.54, 1.807) is 6.92 Å². The highest BCUT2D eigenvalue weighted by atomic mass is 32.2. The first-order valence-corrected chi connectivity index (χ1v) is 7.46. The molecule has 0 aromatic heterocycles. The van der Waals surface area contributed by atoms with Crippen molar-refractivity contribution < 1.29 is 17.6 Å². The minimum atomic E-state index is -3.59. The number of carbonyl (C=O) groups is 1. The van der Waals surface area contributed by atoms with Crippen molar-refractivity contribution in [2.45, 2.75) is 19.4 Å².